The highest BCUT2D eigenvalue weighted by Gasteiger charge is 2.14. The molecule has 2 aromatic carbocycles. The summed E-state index contributed by atoms with van der Waals surface area (Å²) >= 11 is 0. The standard InChI is InChI=1S/C17H14N4O2/c1-9-6-16-19-20-17(23)21(16)14-7-12(15(22)8-11(9)14)10-4-2-3-5-13(10)18/h2-8,22H,18H2,1H3,(H,20,23). The topological polar surface area (TPSA) is 96.4 Å². The fourth-order valence-electron chi connectivity index (χ4n) is 2.95. The number of hydrogen-bond donors (Lipinski definition) is 3. The van der Waals surface area contributed by atoms with Crippen LogP contribution < -0.4 is 11.4 Å². The highest BCUT2D eigenvalue weighted by Crippen LogP contribution is 2.37. The molecule has 2 heterocycles. The summed E-state index contributed by atoms with van der Waals surface area (Å²) in [5.74, 6) is 0.120. The molecule has 0 spiro atoms. The normalized spacial score (nSPS) is 11.3. The van der Waals surface area contributed by atoms with Crippen LogP contribution in [0, 0.1) is 6.92 Å². The Hall–Kier alpha value is -3.28. The predicted octanol–water partition coefficient (Wildman–Crippen LogP) is 2.44. The van der Waals surface area contributed by atoms with Gasteiger partial charge in [0.15, 0.2) is 5.65 Å². The maximum absolute atomic E-state index is 12.1. The van der Waals surface area contributed by atoms with E-state index in [0.29, 0.717) is 22.4 Å². The molecule has 4 rings (SSSR count). The molecule has 0 radical (unpaired) electrons. The predicted molar refractivity (Wildman–Crippen MR) is 89.6 cm³/mol. The third-order valence-corrected chi connectivity index (χ3v) is 4.07. The Morgan fingerprint density at radius 2 is 1.96 bits per heavy atom. The van der Waals surface area contributed by atoms with Crippen LogP contribution in [0.5, 0.6) is 5.75 Å². The Morgan fingerprint density at radius 1 is 1.17 bits per heavy atom. The summed E-state index contributed by atoms with van der Waals surface area (Å²) in [4.78, 5) is 12.1. The van der Waals surface area contributed by atoms with Gasteiger partial charge in [0.25, 0.3) is 0 Å². The van der Waals surface area contributed by atoms with Gasteiger partial charge in [0.2, 0.25) is 0 Å². The van der Waals surface area contributed by atoms with Crippen molar-refractivity contribution in [2.45, 2.75) is 6.92 Å². The van der Waals surface area contributed by atoms with Gasteiger partial charge < -0.3 is 10.8 Å². The number of aryl methyl sites for hydroxylation is 1. The van der Waals surface area contributed by atoms with Crippen LogP contribution in [0.15, 0.2) is 47.3 Å². The number of para-hydroxylation sites is 1. The number of hydrogen-bond acceptors (Lipinski definition) is 4. The van der Waals surface area contributed by atoms with Crippen molar-refractivity contribution in [1.82, 2.24) is 14.6 Å². The summed E-state index contributed by atoms with van der Waals surface area (Å²) in [6.07, 6.45) is 0. The first-order chi connectivity index (χ1) is 11.1. The lowest BCUT2D eigenvalue weighted by Crippen LogP contribution is -2.10. The molecule has 6 nitrogen and oxygen atoms in total. The molecule has 0 unspecified atom stereocenters. The summed E-state index contributed by atoms with van der Waals surface area (Å²) in [5, 5.41) is 17.7. The number of pyridine rings is 1. The molecule has 114 valence electrons. The first-order valence-electron chi connectivity index (χ1n) is 7.14. The van der Waals surface area contributed by atoms with Gasteiger partial charge in [-0.05, 0) is 36.8 Å². The van der Waals surface area contributed by atoms with E-state index in [-0.39, 0.29) is 11.4 Å². The molecule has 0 bridgehead atoms. The summed E-state index contributed by atoms with van der Waals surface area (Å²) in [5.41, 5.74) is 9.70. The molecule has 0 amide bonds. The second-order valence-electron chi connectivity index (χ2n) is 5.52. The Morgan fingerprint density at radius 3 is 2.74 bits per heavy atom. The molecule has 0 atom stereocenters. The molecule has 4 aromatic rings. The van der Waals surface area contributed by atoms with E-state index < -0.39 is 0 Å². The van der Waals surface area contributed by atoms with Gasteiger partial charge in [-0.15, -0.1) is 0 Å². The Labute approximate surface area is 130 Å². The lowest BCUT2D eigenvalue weighted by atomic mass is 9.99. The van der Waals surface area contributed by atoms with Crippen LogP contribution in [0.1, 0.15) is 5.56 Å². The molecule has 0 aliphatic carbocycles. The zero-order chi connectivity index (χ0) is 16.1. The largest absolute Gasteiger partial charge is 0.507 e. The zero-order valence-electron chi connectivity index (χ0n) is 12.4. The van der Waals surface area contributed by atoms with Crippen molar-refractivity contribution < 1.29 is 5.11 Å². The molecule has 4 N–H and O–H groups in total. The minimum absolute atomic E-state index is 0.120. The van der Waals surface area contributed by atoms with E-state index in [2.05, 4.69) is 10.2 Å². The van der Waals surface area contributed by atoms with Crippen LogP contribution in [0.4, 0.5) is 5.69 Å². The number of rotatable bonds is 1. The molecule has 23 heavy (non-hydrogen) atoms. The maximum Gasteiger partial charge on any atom is 0.348 e. The van der Waals surface area contributed by atoms with Crippen LogP contribution in [-0.2, 0) is 0 Å². The molecule has 0 saturated carbocycles. The van der Waals surface area contributed by atoms with Crippen molar-refractivity contribution in [3.05, 3.63) is 58.5 Å². The summed E-state index contributed by atoms with van der Waals surface area (Å²) < 4.78 is 1.49. The first kappa shape index (κ1) is 13.4. The number of phenols is 1. The number of nitrogens with two attached hydrogens (primary N) is 1. The van der Waals surface area contributed by atoms with Gasteiger partial charge >= 0.3 is 5.69 Å². The molecule has 0 aliphatic rings. The third-order valence-electron chi connectivity index (χ3n) is 4.07. The zero-order valence-corrected chi connectivity index (χ0v) is 12.4. The van der Waals surface area contributed by atoms with E-state index in [9.17, 15) is 9.90 Å². The van der Waals surface area contributed by atoms with Crippen molar-refractivity contribution in [1.29, 1.82) is 0 Å². The highest BCUT2D eigenvalue weighted by molar-refractivity contribution is 5.93. The van der Waals surface area contributed by atoms with Gasteiger partial charge in [0.05, 0.1) is 5.52 Å². The number of nitrogens with one attached hydrogen (secondary N) is 1. The average Bonchev–Trinajstić information content (AvgIpc) is 2.89. The second kappa shape index (κ2) is 4.61. The van der Waals surface area contributed by atoms with E-state index in [0.717, 1.165) is 16.5 Å². The van der Waals surface area contributed by atoms with Gasteiger partial charge in [-0.25, -0.2) is 14.3 Å². The van der Waals surface area contributed by atoms with Crippen molar-refractivity contribution in [3.63, 3.8) is 0 Å². The SMILES string of the molecule is Cc1cc2n[nH]c(=O)n2c2cc(-c3ccccc3N)c(O)cc12. The fraction of sp³-hybridized carbons (Fsp3) is 0.0588. The van der Waals surface area contributed by atoms with Crippen molar-refractivity contribution in [3.8, 4) is 16.9 Å². The summed E-state index contributed by atoms with van der Waals surface area (Å²) in [6, 6.07) is 12.5. The number of H-pyrrole nitrogens is 1. The third kappa shape index (κ3) is 1.88. The van der Waals surface area contributed by atoms with Crippen LogP contribution in [0.25, 0.3) is 27.7 Å². The second-order valence-corrected chi connectivity index (χ2v) is 5.52. The lowest BCUT2D eigenvalue weighted by molar-refractivity contribution is 0.478. The van der Waals surface area contributed by atoms with Crippen LogP contribution in [0.3, 0.4) is 0 Å². The number of nitrogens with zero attached hydrogens (tertiary/aromatic N) is 2. The Kier molecular flexibility index (Phi) is 2.68. The van der Waals surface area contributed by atoms with Gasteiger partial charge in [0, 0.05) is 22.2 Å². The van der Waals surface area contributed by atoms with Crippen LogP contribution in [0.2, 0.25) is 0 Å². The fourth-order valence-corrected chi connectivity index (χ4v) is 2.95. The number of anilines is 1. The van der Waals surface area contributed by atoms with E-state index in [1.54, 1.807) is 24.3 Å². The number of benzene rings is 2. The number of aromatic hydroxyl groups is 1. The van der Waals surface area contributed by atoms with E-state index >= 15 is 0 Å². The minimum Gasteiger partial charge on any atom is -0.507 e. The number of nitrogen functional groups attached to an aromatic ring is 1. The molecule has 0 saturated heterocycles. The Bertz CT molecular complexity index is 1120. The average molecular weight is 306 g/mol. The van der Waals surface area contributed by atoms with E-state index in [1.165, 1.54) is 4.40 Å². The number of fused-ring (bicyclic) bond motifs is 3. The molecular weight excluding hydrogens is 292 g/mol. The van der Waals surface area contributed by atoms with Crippen molar-refractivity contribution >= 4 is 22.2 Å². The molecule has 2 aromatic heterocycles. The molecule has 0 aliphatic heterocycles. The van der Waals surface area contributed by atoms with E-state index in [1.807, 2.05) is 25.1 Å². The number of phenolic OH excluding ortho intramolecular Hbond substituents is 1. The lowest BCUT2D eigenvalue weighted by Gasteiger charge is -2.11. The molecule has 0 fully saturated rings. The summed E-state index contributed by atoms with van der Waals surface area (Å²) in [6.45, 7) is 1.91. The summed E-state index contributed by atoms with van der Waals surface area (Å²) in [7, 11) is 0. The molecule has 6 heteroatoms. The van der Waals surface area contributed by atoms with Crippen LogP contribution in [-0.4, -0.2) is 19.7 Å². The smallest absolute Gasteiger partial charge is 0.348 e. The molecular formula is C17H14N4O2. The van der Waals surface area contributed by atoms with Crippen molar-refractivity contribution in [2.75, 3.05) is 5.73 Å². The Balaban J connectivity index is 2.18. The van der Waals surface area contributed by atoms with Gasteiger partial charge in [0.1, 0.15) is 5.75 Å². The van der Waals surface area contributed by atoms with Gasteiger partial charge in [-0.3, -0.25) is 0 Å². The van der Waals surface area contributed by atoms with Gasteiger partial charge in [-0.2, -0.15) is 5.10 Å². The van der Waals surface area contributed by atoms with Gasteiger partial charge in [-0.1, -0.05) is 18.2 Å². The maximum atomic E-state index is 12.1. The minimum atomic E-state index is -0.317. The first-order valence-corrected chi connectivity index (χ1v) is 7.14. The monoisotopic (exact) mass is 306 g/mol. The van der Waals surface area contributed by atoms with Crippen molar-refractivity contribution in [2.24, 2.45) is 0 Å². The number of aromatic nitrogens is 3. The number of aromatic amines is 1. The van der Waals surface area contributed by atoms with Crippen LogP contribution >= 0.6 is 0 Å². The quantitative estimate of drug-likeness (QED) is 0.471. The highest BCUT2D eigenvalue weighted by atomic mass is 16.3. The van der Waals surface area contributed by atoms with E-state index in [4.69, 9.17) is 5.73 Å².